The highest BCUT2D eigenvalue weighted by Gasteiger charge is 2.25. The first-order valence-electron chi connectivity index (χ1n) is 9.70. The first-order chi connectivity index (χ1) is 12.8. The van der Waals surface area contributed by atoms with Gasteiger partial charge in [-0.15, -0.1) is 0 Å². The van der Waals surface area contributed by atoms with Gasteiger partial charge in [-0.3, -0.25) is 4.79 Å². The summed E-state index contributed by atoms with van der Waals surface area (Å²) < 4.78 is 0. The van der Waals surface area contributed by atoms with Crippen LogP contribution >= 0.6 is 0 Å². The van der Waals surface area contributed by atoms with Crippen LogP contribution in [0.1, 0.15) is 41.7 Å². The highest BCUT2D eigenvalue weighted by Crippen LogP contribution is 2.23. The Morgan fingerprint density at radius 1 is 1.00 bits per heavy atom. The van der Waals surface area contributed by atoms with Crippen molar-refractivity contribution in [2.75, 3.05) is 31.1 Å². The maximum Gasteiger partial charge on any atom is 0.272 e. The van der Waals surface area contributed by atoms with Gasteiger partial charge in [0.25, 0.3) is 5.91 Å². The van der Waals surface area contributed by atoms with Gasteiger partial charge in [0.05, 0.1) is 0 Å². The Morgan fingerprint density at radius 3 is 2.46 bits per heavy atom. The predicted octanol–water partition coefficient (Wildman–Crippen LogP) is 3.17. The zero-order valence-corrected chi connectivity index (χ0v) is 15.2. The number of rotatable bonds is 4. The van der Waals surface area contributed by atoms with E-state index in [1.54, 1.807) is 0 Å². The van der Waals surface area contributed by atoms with Crippen LogP contribution in [0.5, 0.6) is 0 Å². The highest BCUT2D eigenvalue weighted by atomic mass is 16.2. The molecule has 0 unspecified atom stereocenters. The Labute approximate surface area is 155 Å². The molecule has 0 saturated carbocycles. The van der Waals surface area contributed by atoms with Crippen LogP contribution in [-0.2, 0) is 6.42 Å². The molecule has 5 nitrogen and oxygen atoms in total. The number of hydrogen-bond donors (Lipinski definition) is 0. The van der Waals surface area contributed by atoms with Gasteiger partial charge in [0, 0.05) is 32.2 Å². The Hall–Kier alpha value is -2.43. The predicted molar refractivity (Wildman–Crippen MR) is 102 cm³/mol. The minimum atomic E-state index is 0.0472. The Balaban J connectivity index is 1.35. The molecule has 0 radical (unpaired) electrons. The topological polar surface area (TPSA) is 49.3 Å². The monoisotopic (exact) mass is 350 g/mol. The number of benzene rings is 1. The molecule has 1 aromatic carbocycles. The zero-order chi connectivity index (χ0) is 17.8. The molecule has 2 aromatic rings. The molecular weight excluding hydrogens is 324 g/mol. The van der Waals surface area contributed by atoms with Crippen molar-refractivity contribution < 1.29 is 4.79 Å². The average molecular weight is 350 g/mol. The average Bonchev–Trinajstić information content (AvgIpc) is 3.24. The lowest BCUT2D eigenvalue weighted by Crippen LogP contribution is -2.39. The van der Waals surface area contributed by atoms with Crippen LogP contribution in [-0.4, -0.2) is 47.0 Å². The lowest BCUT2D eigenvalue weighted by Gasteiger charge is -2.32. The summed E-state index contributed by atoms with van der Waals surface area (Å²) in [6.07, 6.45) is 7.15. The van der Waals surface area contributed by atoms with E-state index in [4.69, 9.17) is 0 Å². The van der Waals surface area contributed by atoms with E-state index in [0.717, 1.165) is 51.3 Å². The minimum Gasteiger partial charge on any atom is -0.357 e. The molecule has 0 aliphatic carbocycles. The molecule has 3 heterocycles. The van der Waals surface area contributed by atoms with Crippen molar-refractivity contribution in [1.82, 2.24) is 14.9 Å². The van der Waals surface area contributed by atoms with Gasteiger partial charge in [-0.05, 0) is 43.6 Å². The molecule has 26 heavy (non-hydrogen) atoms. The molecule has 0 N–H and O–H groups in total. The molecule has 2 saturated heterocycles. The minimum absolute atomic E-state index is 0.0472. The summed E-state index contributed by atoms with van der Waals surface area (Å²) in [5.41, 5.74) is 1.92. The van der Waals surface area contributed by atoms with E-state index >= 15 is 0 Å². The number of aromatic nitrogens is 2. The van der Waals surface area contributed by atoms with Crippen molar-refractivity contribution in [3.05, 3.63) is 54.0 Å². The van der Waals surface area contributed by atoms with Gasteiger partial charge in [0.2, 0.25) is 0 Å². The Bertz CT molecular complexity index is 735. The number of likely N-dealkylation sites (tertiary alicyclic amines) is 1. The molecule has 2 aliphatic heterocycles. The Morgan fingerprint density at radius 2 is 1.73 bits per heavy atom. The number of nitrogens with zero attached hydrogens (tertiary/aromatic N) is 4. The quantitative estimate of drug-likeness (QED) is 0.850. The van der Waals surface area contributed by atoms with Gasteiger partial charge < -0.3 is 9.80 Å². The van der Waals surface area contributed by atoms with Crippen LogP contribution < -0.4 is 4.90 Å². The SMILES string of the molecule is O=C(c1cc(N2CCCC2)ncn1)N1CCC(Cc2ccccc2)CC1. The summed E-state index contributed by atoms with van der Waals surface area (Å²) in [6.45, 7) is 3.68. The van der Waals surface area contributed by atoms with Gasteiger partial charge >= 0.3 is 0 Å². The molecule has 1 aromatic heterocycles. The third-order valence-electron chi connectivity index (χ3n) is 5.57. The molecule has 0 bridgehead atoms. The number of piperidine rings is 1. The van der Waals surface area contributed by atoms with Crippen molar-refractivity contribution in [3.63, 3.8) is 0 Å². The number of anilines is 1. The van der Waals surface area contributed by atoms with E-state index in [2.05, 4.69) is 45.2 Å². The van der Waals surface area contributed by atoms with E-state index in [-0.39, 0.29) is 5.91 Å². The molecule has 4 rings (SSSR count). The van der Waals surface area contributed by atoms with Crippen LogP contribution in [0.3, 0.4) is 0 Å². The van der Waals surface area contributed by atoms with Gasteiger partial charge in [-0.1, -0.05) is 30.3 Å². The van der Waals surface area contributed by atoms with Crippen LogP contribution in [0.2, 0.25) is 0 Å². The fourth-order valence-corrected chi connectivity index (χ4v) is 4.03. The van der Waals surface area contributed by atoms with Crippen LogP contribution in [0.25, 0.3) is 0 Å². The summed E-state index contributed by atoms with van der Waals surface area (Å²) >= 11 is 0. The molecule has 5 heteroatoms. The molecule has 0 atom stereocenters. The maximum atomic E-state index is 12.8. The number of carbonyl (C=O) groups is 1. The maximum absolute atomic E-state index is 12.8. The molecule has 1 amide bonds. The summed E-state index contributed by atoms with van der Waals surface area (Å²) in [5, 5.41) is 0. The van der Waals surface area contributed by atoms with E-state index in [1.165, 1.54) is 24.7 Å². The molecular formula is C21H26N4O. The van der Waals surface area contributed by atoms with Crippen LogP contribution in [0.4, 0.5) is 5.82 Å². The van der Waals surface area contributed by atoms with Crippen LogP contribution in [0.15, 0.2) is 42.7 Å². The van der Waals surface area contributed by atoms with E-state index in [9.17, 15) is 4.79 Å². The standard InChI is InChI=1S/C21H26N4O/c26-21(19-15-20(23-16-22-19)24-10-4-5-11-24)25-12-8-18(9-13-25)14-17-6-2-1-3-7-17/h1-3,6-7,15-16,18H,4-5,8-14H2. The molecule has 136 valence electrons. The van der Waals surface area contributed by atoms with Gasteiger partial charge in [0.1, 0.15) is 17.8 Å². The fraction of sp³-hybridized carbons (Fsp3) is 0.476. The summed E-state index contributed by atoms with van der Waals surface area (Å²) in [4.78, 5) is 25.6. The van der Waals surface area contributed by atoms with Crippen molar-refractivity contribution in [2.24, 2.45) is 5.92 Å². The molecule has 0 spiro atoms. The first kappa shape index (κ1) is 17.0. The second-order valence-corrected chi connectivity index (χ2v) is 7.38. The number of amides is 1. The van der Waals surface area contributed by atoms with Crippen molar-refractivity contribution in [2.45, 2.75) is 32.1 Å². The Kier molecular flexibility index (Phi) is 5.14. The van der Waals surface area contributed by atoms with Gasteiger partial charge in [-0.25, -0.2) is 9.97 Å². The largest absolute Gasteiger partial charge is 0.357 e. The van der Waals surface area contributed by atoms with Gasteiger partial charge in [0.15, 0.2) is 0 Å². The fourth-order valence-electron chi connectivity index (χ4n) is 4.03. The van der Waals surface area contributed by atoms with Crippen molar-refractivity contribution >= 4 is 11.7 Å². The van der Waals surface area contributed by atoms with E-state index in [1.807, 2.05) is 11.0 Å². The van der Waals surface area contributed by atoms with Crippen molar-refractivity contribution in [3.8, 4) is 0 Å². The van der Waals surface area contributed by atoms with Gasteiger partial charge in [-0.2, -0.15) is 0 Å². The summed E-state index contributed by atoms with van der Waals surface area (Å²) in [7, 11) is 0. The summed E-state index contributed by atoms with van der Waals surface area (Å²) in [5.74, 6) is 1.60. The molecule has 2 aliphatic rings. The molecule has 2 fully saturated rings. The second-order valence-electron chi connectivity index (χ2n) is 7.38. The second kappa shape index (κ2) is 7.85. The zero-order valence-electron chi connectivity index (χ0n) is 15.2. The number of carbonyl (C=O) groups excluding carboxylic acids is 1. The van der Waals surface area contributed by atoms with E-state index in [0.29, 0.717) is 11.6 Å². The number of hydrogen-bond acceptors (Lipinski definition) is 4. The summed E-state index contributed by atoms with van der Waals surface area (Å²) in [6, 6.07) is 12.5. The third-order valence-corrected chi connectivity index (χ3v) is 5.57. The van der Waals surface area contributed by atoms with E-state index < -0.39 is 0 Å². The lowest BCUT2D eigenvalue weighted by molar-refractivity contribution is 0.0684. The third kappa shape index (κ3) is 3.87. The first-order valence-corrected chi connectivity index (χ1v) is 9.70. The highest BCUT2D eigenvalue weighted by molar-refractivity contribution is 5.93. The lowest BCUT2D eigenvalue weighted by atomic mass is 9.90. The normalized spacial score (nSPS) is 18.3. The smallest absolute Gasteiger partial charge is 0.272 e. The van der Waals surface area contributed by atoms with Crippen molar-refractivity contribution in [1.29, 1.82) is 0 Å². The van der Waals surface area contributed by atoms with Crippen LogP contribution in [0, 0.1) is 5.92 Å².